The zero-order valence-corrected chi connectivity index (χ0v) is 18.5. The Morgan fingerprint density at radius 1 is 1.21 bits per heavy atom. The van der Waals surface area contributed by atoms with E-state index in [0.717, 1.165) is 19.4 Å². The number of aliphatic imine (C=N–C) groups is 1. The molecule has 1 fully saturated rings. The molecule has 0 bridgehead atoms. The molecule has 4 N–H and O–H groups in total. The second-order valence-corrected chi connectivity index (χ2v) is 6.39. The van der Waals surface area contributed by atoms with Crippen LogP contribution in [0.4, 0.5) is 4.79 Å². The van der Waals surface area contributed by atoms with Crippen LogP contribution in [0.15, 0.2) is 29.4 Å². The van der Waals surface area contributed by atoms with Crippen molar-refractivity contribution in [2.75, 3.05) is 33.2 Å². The number of guanidine groups is 1. The van der Waals surface area contributed by atoms with Crippen LogP contribution in [-0.4, -0.2) is 61.0 Å². The highest BCUT2D eigenvalue weighted by molar-refractivity contribution is 14.0. The number of imide groups is 1. The van der Waals surface area contributed by atoms with E-state index in [0.29, 0.717) is 19.0 Å². The minimum atomic E-state index is -0.337. The summed E-state index contributed by atoms with van der Waals surface area (Å²) in [5.74, 6) is 0.451. The maximum Gasteiger partial charge on any atom is 0.324 e. The molecule has 0 unspecified atom stereocenters. The standard InChI is InChI=1S/C19H26N6O2.HI/c1-3-13-5-4-6-15-14(11-23-17(13)15)7-8-21-18(20-2)22-9-10-25-16(26)12-24-19(25)27;/h4-6,11,23H,3,7-10,12H2,1-2H3,(H,24,27)(H2,20,21,22);1H. The van der Waals surface area contributed by atoms with Gasteiger partial charge in [-0.05, 0) is 24.0 Å². The Balaban J connectivity index is 0.00000280. The number of benzene rings is 1. The van der Waals surface area contributed by atoms with Gasteiger partial charge in [-0.1, -0.05) is 25.1 Å². The van der Waals surface area contributed by atoms with Crippen LogP contribution < -0.4 is 16.0 Å². The van der Waals surface area contributed by atoms with Gasteiger partial charge in [0.1, 0.15) is 0 Å². The second kappa shape index (κ2) is 10.3. The summed E-state index contributed by atoms with van der Waals surface area (Å²) >= 11 is 0. The molecule has 0 aliphatic carbocycles. The Morgan fingerprint density at radius 3 is 2.68 bits per heavy atom. The molecule has 1 aliphatic rings. The van der Waals surface area contributed by atoms with Crippen LogP contribution in [0, 0.1) is 0 Å². The van der Waals surface area contributed by atoms with Gasteiger partial charge in [-0.25, -0.2) is 4.79 Å². The van der Waals surface area contributed by atoms with Crippen LogP contribution in [0.5, 0.6) is 0 Å². The summed E-state index contributed by atoms with van der Waals surface area (Å²) in [5.41, 5.74) is 3.80. The average molecular weight is 498 g/mol. The van der Waals surface area contributed by atoms with Crippen molar-refractivity contribution >= 4 is 52.8 Å². The molecule has 152 valence electrons. The summed E-state index contributed by atoms with van der Waals surface area (Å²) in [6.45, 7) is 3.73. The fraction of sp³-hybridized carbons (Fsp3) is 0.421. The number of carbonyl (C=O) groups excluding carboxylic acids is 2. The van der Waals surface area contributed by atoms with Crippen molar-refractivity contribution in [3.8, 4) is 0 Å². The number of urea groups is 1. The number of rotatable bonds is 7. The number of aromatic amines is 1. The van der Waals surface area contributed by atoms with Gasteiger partial charge in [0.2, 0.25) is 5.91 Å². The molecule has 1 aliphatic heterocycles. The maximum atomic E-state index is 11.6. The van der Waals surface area contributed by atoms with Crippen LogP contribution in [-0.2, 0) is 17.6 Å². The molecule has 3 rings (SSSR count). The van der Waals surface area contributed by atoms with Gasteiger partial charge < -0.3 is 20.9 Å². The van der Waals surface area contributed by atoms with Crippen molar-refractivity contribution < 1.29 is 9.59 Å². The first kappa shape index (κ1) is 22.0. The molecule has 0 atom stereocenters. The number of nitrogens with zero attached hydrogens (tertiary/aromatic N) is 2. The highest BCUT2D eigenvalue weighted by atomic mass is 127. The number of aryl methyl sites for hydroxylation is 1. The predicted octanol–water partition coefficient (Wildman–Crippen LogP) is 1.61. The Bertz CT molecular complexity index is 847. The smallest absolute Gasteiger partial charge is 0.324 e. The Morgan fingerprint density at radius 2 is 2.00 bits per heavy atom. The average Bonchev–Trinajstić information content (AvgIpc) is 3.24. The van der Waals surface area contributed by atoms with Crippen LogP contribution in [0.1, 0.15) is 18.1 Å². The molecule has 1 aromatic carbocycles. The van der Waals surface area contributed by atoms with Gasteiger partial charge in [0.05, 0.1) is 6.54 Å². The predicted molar refractivity (Wildman–Crippen MR) is 121 cm³/mol. The lowest BCUT2D eigenvalue weighted by atomic mass is 10.1. The second-order valence-electron chi connectivity index (χ2n) is 6.39. The first-order valence-corrected chi connectivity index (χ1v) is 9.24. The third-order valence-electron chi connectivity index (χ3n) is 4.74. The fourth-order valence-corrected chi connectivity index (χ4v) is 3.28. The first-order chi connectivity index (χ1) is 13.1. The summed E-state index contributed by atoms with van der Waals surface area (Å²) in [5, 5.41) is 10.2. The number of aromatic nitrogens is 1. The molecule has 1 aromatic heterocycles. The van der Waals surface area contributed by atoms with E-state index in [-0.39, 0.29) is 42.5 Å². The van der Waals surface area contributed by atoms with Crippen molar-refractivity contribution in [3.63, 3.8) is 0 Å². The van der Waals surface area contributed by atoms with E-state index in [4.69, 9.17) is 0 Å². The third kappa shape index (κ3) is 4.94. The zero-order chi connectivity index (χ0) is 19.2. The van der Waals surface area contributed by atoms with Gasteiger partial charge >= 0.3 is 6.03 Å². The van der Waals surface area contributed by atoms with E-state index in [2.05, 4.69) is 57.2 Å². The van der Waals surface area contributed by atoms with E-state index < -0.39 is 0 Å². The van der Waals surface area contributed by atoms with Gasteiger partial charge in [-0.2, -0.15) is 0 Å². The molecule has 0 saturated carbocycles. The molecular formula is C19H27IN6O2. The monoisotopic (exact) mass is 498 g/mol. The molecular weight excluding hydrogens is 471 g/mol. The van der Waals surface area contributed by atoms with Gasteiger partial charge in [-0.15, -0.1) is 24.0 Å². The quantitative estimate of drug-likeness (QED) is 0.202. The lowest BCUT2D eigenvalue weighted by Gasteiger charge is -2.15. The summed E-state index contributed by atoms with van der Waals surface area (Å²) in [7, 11) is 1.70. The fourth-order valence-electron chi connectivity index (χ4n) is 3.28. The van der Waals surface area contributed by atoms with Gasteiger partial charge in [0.25, 0.3) is 0 Å². The summed E-state index contributed by atoms with van der Waals surface area (Å²) in [6.07, 6.45) is 3.93. The van der Waals surface area contributed by atoms with E-state index in [1.165, 1.54) is 26.9 Å². The van der Waals surface area contributed by atoms with E-state index in [1.807, 2.05) is 0 Å². The van der Waals surface area contributed by atoms with Gasteiger partial charge in [0, 0.05) is 43.8 Å². The highest BCUT2D eigenvalue weighted by Crippen LogP contribution is 2.22. The number of H-pyrrole nitrogens is 1. The normalized spacial score (nSPS) is 14.2. The number of amides is 3. The van der Waals surface area contributed by atoms with Crippen LogP contribution in [0.3, 0.4) is 0 Å². The number of hydrogen-bond acceptors (Lipinski definition) is 3. The van der Waals surface area contributed by atoms with Crippen molar-refractivity contribution in [1.29, 1.82) is 0 Å². The van der Waals surface area contributed by atoms with Crippen LogP contribution in [0.25, 0.3) is 10.9 Å². The van der Waals surface area contributed by atoms with Crippen LogP contribution in [0.2, 0.25) is 0 Å². The summed E-state index contributed by atoms with van der Waals surface area (Å²) < 4.78 is 0. The Hall–Kier alpha value is -2.30. The molecule has 9 heteroatoms. The minimum Gasteiger partial charge on any atom is -0.361 e. The number of hydrogen-bond donors (Lipinski definition) is 4. The lowest BCUT2D eigenvalue weighted by molar-refractivity contribution is -0.124. The molecule has 2 heterocycles. The molecule has 0 radical (unpaired) electrons. The van der Waals surface area contributed by atoms with E-state index in [1.54, 1.807) is 7.05 Å². The summed E-state index contributed by atoms with van der Waals surface area (Å²) in [6, 6.07) is 6.06. The summed E-state index contributed by atoms with van der Waals surface area (Å²) in [4.78, 5) is 31.8. The van der Waals surface area contributed by atoms with Gasteiger partial charge in [0.15, 0.2) is 5.96 Å². The number of nitrogens with one attached hydrogen (secondary N) is 4. The topological polar surface area (TPSA) is 102 Å². The van der Waals surface area contributed by atoms with Crippen LogP contribution >= 0.6 is 24.0 Å². The molecule has 0 spiro atoms. The first-order valence-electron chi connectivity index (χ1n) is 9.24. The highest BCUT2D eigenvalue weighted by Gasteiger charge is 2.27. The van der Waals surface area contributed by atoms with E-state index in [9.17, 15) is 9.59 Å². The lowest BCUT2D eigenvalue weighted by Crippen LogP contribution is -2.43. The van der Waals surface area contributed by atoms with Gasteiger partial charge in [-0.3, -0.25) is 14.7 Å². The van der Waals surface area contributed by atoms with Crippen molar-refractivity contribution in [2.24, 2.45) is 4.99 Å². The number of halogens is 1. The van der Waals surface area contributed by atoms with Crippen molar-refractivity contribution in [3.05, 3.63) is 35.5 Å². The molecule has 8 nitrogen and oxygen atoms in total. The Kier molecular flexibility index (Phi) is 8.09. The molecule has 2 aromatic rings. The largest absolute Gasteiger partial charge is 0.361 e. The Labute approximate surface area is 181 Å². The number of para-hydroxylation sites is 1. The molecule has 3 amide bonds. The molecule has 1 saturated heterocycles. The SMILES string of the molecule is CCc1cccc2c(CCNC(=NC)NCCN3C(=O)CNC3=O)c[nH]c12.I. The third-order valence-corrected chi connectivity index (χ3v) is 4.74. The van der Waals surface area contributed by atoms with Crippen molar-refractivity contribution in [2.45, 2.75) is 19.8 Å². The van der Waals surface area contributed by atoms with E-state index >= 15 is 0 Å². The number of carbonyl (C=O) groups is 2. The minimum absolute atomic E-state index is 0. The zero-order valence-electron chi connectivity index (χ0n) is 16.2. The maximum absolute atomic E-state index is 11.6. The molecule has 28 heavy (non-hydrogen) atoms. The van der Waals surface area contributed by atoms with Crippen molar-refractivity contribution in [1.82, 2.24) is 25.8 Å². The number of fused-ring (bicyclic) bond motifs is 1.